The largest absolute Gasteiger partial charge is 0.383 e. The molecule has 0 fully saturated rings. The van der Waals surface area contributed by atoms with Crippen LogP contribution >= 0.6 is 11.6 Å². The highest BCUT2D eigenvalue weighted by Gasteiger charge is 2.42. The van der Waals surface area contributed by atoms with E-state index < -0.39 is 0 Å². The monoisotopic (exact) mass is 381 g/mol. The summed E-state index contributed by atoms with van der Waals surface area (Å²) in [6.07, 6.45) is 5.47. The molecule has 1 aliphatic rings. The third-order valence-corrected chi connectivity index (χ3v) is 5.80. The number of fused-ring (bicyclic) bond motifs is 1. The molecule has 1 heterocycles. The van der Waals surface area contributed by atoms with Crippen LogP contribution in [0.3, 0.4) is 0 Å². The van der Waals surface area contributed by atoms with E-state index in [-0.39, 0.29) is 5.41 Å². The summed E-state index contributed by atoms with van der Waals surface area (Å²) < 4.78 is 2.31. The molecule has 1 atom stereocenters. The van der Waals surface area contributed by atoms with E-state index in [0.29, 0.717) is 11.9 Å². The lowest BCUT2D eigenvalue weighted by Gasteiger charge is -2.16. The molecule has 0 bridgehead atoms. The first-order chi connectivity index (χ1) is 12.8. The van der Waals surface area contributed by atoms with Crippen LogP contribution in [0.15, 0.2) is 48.5 Å². The van der Waals surface area contributed by atoms with E-state index in [4.69, 9.17) is 11.6 Å². The lowest BCUT2D eigenvalue weighted by Crippen LogP contribution is -2.26. The maximum absolute atomic E-state index is 5.84. The second-order valence-electron chi connectivity index (χ2n) is 8.01. The first-order valence-electron chi connectivity index (χ1n) is 9.66. The van der Waals surface area contributed by atoms with Gasteiger partial charge in [-0.05, 0) is 63.5 Å². The van der Waals surface area contributed by atoms with Crippen molar-refractivity contribution >= 4 is 34.8 Å². The highest BCUT2D eigenvalue weighted by atomic mass is 35.5. The van der Waals surface area contributed by atoms with E-state index >= 15 is 0 Å². The molecule has 1 N–H and O–H groups in total. The zero-order valence-corrected chi connectivity index (χ0v) is 17.8. The summed E-state index contributed by atoms with van der Waals surface area (Å²) in [6.45, 7) is 8.93. The molecular formula is C24H30ClN2+. The van der Waals surface area contributed by atoms with Gasteiger partial charge in [-0.15, -0.1) is 11.6 Å². The van der Waals surface area contributed by atoms with Gasteiger partial charge in [-0.1, -0.05) is 24.3 Å². The van der Waals surface area contributed by atoms with Crippen molar-refractivity contribution in [3.05, 3.63) is 65.2 Å². The number of aryl methyl sites for hydroxylation is 1. The van der Waals surface area contributed by atoms with Crippen LogP contribution < -0.4 is 5.32 Å². The standard InChI is InChI=1S/C24H29ClN2/c1-17-16-20(26-18(2)14-15-25)12-10-19(17)11-13-23-24(3,4)21-8-6-7-9-22(21)27(23)5/h6-13,16,18H,14-15H2,1-5H3/p+1. The number of alkyl halides is 1. The zero-order valence-electron chi connectivity index (χ0n) is 17.0. The quantitative estimate of drug-likeness (QED) is 0.468. The molecule has 0 aromatic heterocycles. The summed E-state index contributed by atoms with van der Waals surface area (Å²) in [7, 11) is 2.16. The average Bonchev–Trinajstić information content (AvgIpc) is 2.81. The maximum atomic E-state index is 5.84. The van der Waals surface area contributed by atoms with Crippen LogP contribution in [0.1, 0.15) is 43.9 Å². The smallest absolute Gasteiger partial charge is 0.209 e. The summed E-state index contributed by atoms with van der Waals surface area (Å²) in [5, 5.41) is 3.52. The molecule has 2 aromatic carbocycles. The molecule has 0 radical (unpaired) electrons. The molecule has 0 spiro atoms. The highest BCUT2D eigenvalue weighted by molar-refractivity contribution is 6.17. The summed E-state index contributed by atoms with van der Waals surface area (Å²) in [6, 6.07) is 15.6. The maximum Gasteiger partial charge on any atom is 0.209 e. The van der Waals surface area contributed by atoms with Crippen molar-refractivity contribution < 1.29 is 4.58 Å². The van der Waals surface area contributed by atoms with Gasteiger partial charge < -0.3 is 5.32 Å². The Labute approximate surface area is 168 Å². The molecule has 2 aromatic rings. The topological polar surface area (TPSA) is 15.0 Å². The Bertz CT molecular complexity index is 893. The van der Waals surface area contributed by atoms with Crippen molar-refractivity contribution in [1.29, 1.82) is 0 Å². The van der Waals surface area contributed by atoms with Crippen LogP contribution in [-0.4, -0.2) is 29.3 Å². The molecule has 3 rings (SSSR count). The number of benzene rings is 2. The van der Waals surface area contributed by atoms with E-state index in [2.05, 4.69) is 99.3 Å². The van der Waals surface area contributed by atoms with Crippen molar-refractivity contribution in [3.8, 4) is 0 Å². The Kier molecular flexibility index (Phi) is 5.76. The number of nitrogens with zero attached hydrogens (tertiary/aromatic N) is 1. The first-order valence-corrected chi connectivity index (χ1v) is 10.2. The fraction of sp³-hybridized carbons (Fsp3) is 0.375. The number of rotatable bonds is 6. The number of para-hydroxylation sites is 1. The van der Waals surface area contributed by atoms with Crippen LogP contribution in [0, 0.1) is 6.92 Å². The Morgan fingerprint density at radius 1 is 1.15 bits per heavy atom. The van der Waals surface area contributed by atoms with E-state index in [1.54, 1.807) is 0 Å². The minimum absolute atomic E-state index is 0.00817. The molecule has 27 heavy (non-hydrogen) atoms. The summed E-state index contributed by atoms with van der Waals surface area (Å²) >= 11 is 5.84. The van der Waals surface area contributed by atoms with Crippen molar-refractivity contribution in [2.45, 2.75) is 45.6 Å². The fourth-order valence-electron chi connectivity index (χ4n) is 3.94. The van der Waals surface area contributed by atoms with E-state index in [1.165, 1.54) is 28.1 Å². The molecular weight excluding hydrogens is 352 g/mol. The Morgan fingerprint density at radius 2 is 1.89 bits per heavy atom. The second kappa shape index (κ2) is 7.90. The molecule has 3 heteroatoms. The SMILES string of the molecule is Cc1cc(NC(C)CCCl)ccc1C=CC1=[N+](C)c2ccccc2C1(C)C. The van der Waals surface area contributed by atoms with Gasteiger partial charge in [0.05, 0.1) is 5.41 Å². The number of hydrogen-bond donors (Lipinski definition) is 1. The van der Waals surface area contributed by atoms with Gasteiger partial charge >= 0.3 is 0 Å². The van der Waals surface area contributed by atoms with Crippen LogP contribution in [0.2, 0.25) is 0 Å². The Balaban J connectivity index is 1.84. The van der Waals surface area contributed by atoms with Crippen molar-refractivity contribution in [3.63, 3.8) is 0 Å². The highest BCUT2D eigenvalue weighted by Crippen LogP contribution is 2.39. The van der Waals surface area contributed by atoms with Gasteiger partial charge in [0.25, 0.3) is 0 Å². The summed E-state index contributed by atoms with van der Waals surface area (Å²) in [5.41, 5.74) is 7.68. The lowest BCUT2D eigenvalue weighted by atomic mass is 9.81. The lowest BCUT2D eigenvalue weighted by molar-refractivity contribution is -0.401. The number of halogens is 1. The number of allylic oxidation sites excluding steroid dienone is 1. The minimum atomic E-state index is 0.00817. The Morgan fingerprint density at radius 3 is 2.56 bits per heavy atom. The third kappa shape index (κ3) is 3.96. The molecule has 1 aliphatic heterocycles. The third-order valence-electron chi connectivity index (χ3n) is 5.59. The van der Waals surface area contributed by atoms with E-state index in [9.17, 15) is 0 Å². The summed E-state index contributed by atoms with van der Waals surface area (Å²) in [4.78, 5) is 0. The fourth-order valence-corrected chi connectivity index (χ4v) is 4.27. The van der Waals surface area contributed by atoms with Gasteiger partial charge in [0.1, 0.15) is 7.05 Å². The molecule has 2 nitrogen and oxygen atoms in total. The van der Waals surface area contributed by atoms with Gasteiger partial charge in [-0.3, -0.25) is 0 Å². The summed E-state index contributed by atoms with van der Waals surface area (Å²) in [5.74, 6) is 0.679. The number of nitrogens with one attached hydrogen (secondary N) is 1. The van der Waals surface area contributed by atoms with Crippen LogP contribution in [0.5, 0.6) is 0 Å². The molecule has 0 aliphatic carbocycles. The predicted molar refractivity (Wildman–Crippen MR) is 119 cm³/mol. The predicted octanol–water partition coefficient (Wildman–Crippen LogP) is 6.14. The molecule has 0 saturated heterocycles. The molecule has 0 saturated carbocycles. The average molecular weight is 382 g/mol. The van der Waals surface area contributed by atoms with Crippen LogP contribution in [0.25, 0.3) is 6.08 Å². The first kappa shape index (κ1) is 19.7. The van der Waals surface area contributed by atoms with Gasteiger partial charge in [0.2, 0.25) is 5.69 Å². The van der Waals surface area contributed by atoms with Crippen LogP contribution in [-0.2, 0) is 5.41 Å². The van der Waals surface area contributed by atoms with Gasteiger partial charge in [-0.2, -0.15) is 4.58 Å². The van der Waals surface area contributed by atoms with Crippen LogP contribution in [0.4, 0.5) is 11.4 Å². The number of hydrogen-bond acceptors (Lipinski definition) is 1. The molecule has 1 unspecified atom stereocenters. The van der Waals surface area contributed by atoms with Gasteiger partial charge in [-0.25, -0.2) is 0 Å². The van der Waals surface area contributed by atoms with Crippen molar-refractivity contribution in [2.75, 3.05) is 18.2 Å². The normalized spacial score (nSPS) is 16.7. The van der Waals surface area contributed by atoms with Crippen molar-refractivity contribution in [2.24, 2.45) is 0 Å². The number of anilines is 1. The zero-order chi connectivity index (χ0) is 19.6. The molecule has 142 valence electrons. The Hall–Kier alpha value is -2.06. The van der Waals surface area contributed by atoms with E-state index in [1.807, 2.05) is 0 Å². The van der Waals surface area contributed by atoms with Gasteiger partial charge in [0, 0.05) is 35.3 Å². The van der Waals surface area contributed by atoms with Gasteiger partial charge in [0.15, 0.2) is 5.71 Å². The molecule has 0 amide bonds. The minimum Gasteiger partial charge on any atom is -0.383 e. The van der Waals surface area contributed by atoms with E-state index in [0.717, 1.165) is 12.1 Å². The second-order valence-corrected chi connectivity index (χ2v) is 8.39. The van der Waals surface area contributed by atoms with Crippen molar-refractivity contribution in [1.82, 2.24) is 0 Å².